The van der Waals surface area contributed by atoms with Crippen LogP contribution in [0.2, 0.25) is 0 Å². The van der Waals surface area contributed by atoms with Crippen molar-refractivity contribution in [1.82, 2.24) is 20.1 Å². The molecule has 37 heavy (non-hydrogen) atoms. The second kappa shape index (κ2) is 12.5. The average Bonchev–Trinajstić information content (AvgIpc) is 2.85. The van der Waals surface area contributed by atoms with Crippen LogP contribution in [0.3, 0.4) is 0 Å². The molecule has 1 aliphatic rings. The summed E-state index contributed by atoms with van der Waals surface area (Å²) in [6.07, 6.45) is 1.31. The molecule has 0 saturated carbocycles. The summed E-state index contributed by atoms with van der Waals surface area (Å²) >= 11 is 0. The first kappa shape index (κ1) is 27.9. The minimum Gasteiger partial charge on any atom is -0.444 e. The first-order valence-corrected chi connectivity index (χ1v) is 12.5. The molecule has 3 rings (SSSR count). The Morgan fingerprint density at radius 3 is 2.51 bits per heavy atom. The normalized spacial score (nSPS) is 15.7. The molecule has 1 aromatic carbocycles. The first-order valence-electron chi connectivity index (χ1n) is 12.5. The van der Waals surface area contributed by atoms with E-state index in [1.54, 1.807) is 11.8 Å². The number of pyridine rings is 1. The summed E-state index contributed by atoms with van der Waals surface area (Å²) in [4.78, 5) is 52.5. The van der Waals surface area contributed by atoms with Gasteiger partial charge in [-0.25, -0.2) is 4.79 Å². The van der Waals surface area contributed by atoms with Crippen molar-refractivity contribution in [2.45, 2.75) is 52.4 Å². The highest BCUT2D eigenvalue weighted by atomic mass is 16.6. The number of nitrogens with zero attached hydrogens (tertiary/aromatic N) is 2. The van der Waals surface area contributed by atoms with Gasteiger partial charge in [-0.3, -0.25) is 14.4 Å². The summed E-state index contributed by atoms with van der Waals surface area (Å²) in [6, 6.07) is 10.7. The lowest BCUT2D eigenvalue weighted by molar-refractivity contribution is -0.0440. The van der Waals surface area contributed by atoms with Gasteiger partial charge in [0.1, 0.15) is 11.2 Å². The Morgan fingerprint density at radius 1 is 1.11 bits per heavy atom. The van der Waals surface area contributed by atoms with Gasteiger partial charge in [-0.15, -0.1) is 0 Å². The number of morpholine rings is 1. The molecule has 3 amide bonds. The maximum Gasteiger partial charge on any atom is 0.410 e. The molecule has 2 N–H and O–H groups in total. The Kier molecular flexibility index (Phi) is 9.46. The second-order valence-electron chi connectivity index (χ2n) is 9.88. The predicted molar refractivity (Wildman–Crippen MR) is 139 cm³/mol. The Hall–Kier alpha value is -3.66. The summed E-state index contributed by atoms with van der Waals surface area (Å²) in [6.45, 7) is 9.29. The number of nitrogens with one attached hydrogen (secondary N) is 2. The van der Waals surface area contributed by atoms with Crippen LogP contribution in [0.15, 0.2) is 47.4 Å². The predicted octanol–water partition coefficient (Wildman–Crippen LogP) is 2.40. The van der Waals surface area contributed by atoms with Gasteiger partial charge in [0.05, 0.1) is 31.4 Å². The molecule has 200 valence electrons. The van der Waals surface area contributed by atoms with Gasteiger partial charge >= 0.3 is 6.09 Å². The highest BCUT2D eigenvalue weighted by Gasteiger charge is 2.28. The van der Waals surface area contributed by atoms with Crippen LogP contribution in [0.5, 0.6) is 0 Å². The molecule has 1 unspecified atom stereocenters. The van der Waals surface area contributed by atoms with Crippen molar-refractivity contribution in [3.05, 3.63) is 69.6 Å². The standard InChI is InChI=1S/C27H36N4O6/c1-5-28-24(33)22-15-20(17-31(25(22)34)16-19-9-7-6-8-10-19)23(32)29-12-11-21-18-30(13-14-36-21)26(35)37-27(2,3)4/h6-10,15,17,21H,5,11-14,16,18H2,1-4H3,(H,28,33)(H,29,32). The van der Waals surface area contributed by atoms with Crippen LogP contribution < -0.4 is 16.2 Å². The summed E-state index contributed by atoms with van der Waals surface area (Å²) in [5.41, 5.74) is -0.0640. The minimum atomic E-state index is -0.581. The molecule has 0 bridgehead atoms. The molecule has 10 heteroatoms. The van der Waals surface area contributed by atoms with E-state index in [4.69, 9.17) is 9.47 Å². The van der Waals surface area contributed by atoms with Crippen molar-refractivity contribution in [3.8, 4) is 0 Å². The number of hydrogen-bond acceptors (Lipinski definition) is 6. The van der Waals surface area contributed by atoms with Crippen LogP contribution in [-0.2, 0) is 16.0 Å². The smallest absolute Gasteiger partial charge is 0.410 e. The van der Waals surface area contributed by atoms with Gasteiger partial charge in [-0.05, 0) is 45.7 Å². The highest BCUT2D eigenvalue weighted by Crippen LogP contribution is 2.14. The van der Waals surface area contributed by atoms with Crippen molar-refractivity contribution >= 4 is 17.9 Å². The number of rotatable bonds is 8. The molecule has 1 aromatic heterocycles. The SMILES string of the molecule is CCNC(=O)c1cc(C(=O)NCCC2CN(C(=O)OC(C)(C)C)CCO2)cn(Cc2ccccc2)c1=O. The molecular weight excluding hydrogens is 476 g/mol. The van der Waals surface area contributed by atoms with Gasteiger partial charge in [-0.1, -0.05) is 30.3 Å². The van der Waals surface area contributed by atoms with Crippen LogP contribution in [0.4, 0.5) is 4.79 Å². The number of benzene rings is 1. The lowest BCUT2D eigenvalue weighted by Crippen LogP contribution is -2.48. The van der Waals surface area contributed by atoms with E-state index in [1.807, 2.05) is 51.1 Å². The Bertz CT molecular complexity index is 1160. The number of amides is 3. The van der Waals surface area contributed by atoms with E-state index in [-0.39, 0.29) is 29.9 Å². The fourth-order valence-electron chi connectivity index (χ4n) is 3.91. The minimum absolute atomic E-state index is 0.0888. The van der Waals surface area contributed by atoms with Crippen molar-refractivity contribution in [2.24, 2.45) is 0 Å². The van der Waals surface area contributed by atoms with Crippen molar-refractivity contribution in [1.29, 1.82) is 0 Å². The largest absolute Gasteiger partial charge is 0.444 e. The number of ether oxygens (including phenoxy) is 2. The molecule has 2 aromatic rings. The quantitative estimate of drug-likeness (QED) is 0.561. The van der Waals surface area contributed by atoms with Crippen molar-refractivity contribution in [3.63, 3.8) is 0 Å². The number of aromatic nitrogens is 1. The topological polar surface area (TPSA) is 119 Å². The maximum absolute atomic E-state index is 13.0. The van der Waals surface area contributed by atoms with Gasteiger partial charge in [0.15, 0.2) is 0 Å². The zero-order valence-electron chi connectivity index (χ0n) is 21.9. The van der Waals surface area contributed by atoms with Gasteiger partial charge < -0.3 is 29.6 Å². The van der Waals surface area contributed by atoms with Crippen LogP contribution in [0.1, 0.15) is 60.4 Å². The Balaban J connectivity index is 1.67. The fraction of sp³-hybridized carbons (Fsp3) is 0.481. The zero-order chi connectivity index (χ0) is 27.0. The van der Waals surface area contributed by atoms with Gasteiger partial charge in [-0.2, -0.15) is 0 Å². The molecule has 2 heterocycles. The third kappa shape index (κ3) is 8.18. The van der Waals surface area contributed by atoms with E-state index in [9.17, 15) is 19.2 Å². The summed E-state index contributed by atoms with van der Waals surface area (Å²) < 4.78 is 12.6. The molecule has 1 aliphatic heterocycles. The fourth-order valence-corrected chi connectivity index (χ4v) is 3.91. The Labute approximate surface area is 216 Å². The van der Waals surface area contributed by atoms with Crippen LogP contribution in [0, 0.1) is 0 Å². The zero-order valence-corrected chi connectivity index (χ0v) is 21.9. The lowest BCUT2D eigenvalue weighted by Gasteiger charge is -2.34. The molecular formula is C27H36N4O6. The molecule has 10 nitrogen and oxygen atoms in total. The van der Waals surface area contributed by atoms with Crippen molar-refractivity contribution in [2.75, 3.05) is 32.8 Å². The van der Waals surface area contributed by atoms with Crippen molar-refractivity contribution < 1.29 is 23.9 Å². The second-order valence-corrected chi connectivity index (χ2v) is 9.88. The summed E-state index contributed by atoms with van der Waals surface area (Å²) in [5, 5.41) is 5.47. The maximum atomic E-state index is 13.0. The van der Waals surface area contributed by atoms with Crippen LogP contribution >= 0.6 is 0 Å². The van der Waals surface area contributed by atoms with E-state index >= 15 is 0 Å². The number of carbonyl (C=O) groups is 3. The van der Waals surface area contributed by atoms with Gasteiger partial charge in [0.2, 0.25) is 0 Å². The van der Waals surface area contributed by atoms with Crippen LogP contribution in [0.25, 0.3) is 0 Å². The molecule has 1 atom stereocenters. The number of hydrogen-bond donors (Lipinski definition) is 2. The van der Waals surface area contributed by atoms with Crippen LogP contribution in [-0.4, -0.2) is 71.9 Å². The summed E-state index contributed by atoms with van der Waals surface area (Å²) in [7, 11) is 0. The van der Waals surface area contributed by atoms with E-state index < -0.39 is 23.0 Å². The summed E-state index contributed by atoms with van der Waals surface area (Å²) in [5.74, 6) is -0.936. The van der Waals surface area contributed by atoms with Gasteiger partial charge in [0, 0.05) is 25.8 Å². The van der Waals surface area contributed by atoms with E-state index in [0.29, 0.717) is 39.2 Å². The first-order chi connectivity index (χ1) is 17.6. The monoisotopic (exact) mass is 512 g/mol. The highest BCUT2D eigenvalue weighted by molar-refractivity contribution is 5.99. The van der Waals surface area contributed by atoms with E-state index in [1.165, 1.54) is 16.8 Å². The Morgan fingerprint density at radius 2 is 1.84 bits per heavy atom. The molecule has 1 fully saturated rings. The third-order valence-electron chi connectivity index (χ3n) is 5.67. The molecule has 0 spiro atoms. The molecule has 1 saturated heterocycles. The average molecular weight is 513 g/mol. The third-order valence-corrected chi connectivity index (χ3v) is 5.67. The van der Waals surface area contributed by atoms with E-state index in [0.717, 1.165) is 5.56 Å². The van der Waals surface area contributed by atoms with Gasteiger partial charge in [0.25, 0.3) is 17.4 Å². The van der Waals surface area contributed by atoms with E-state index in [2.05, 4.69) is 10.6 Å². The number of carbonyl (C=O) groups excluding carboxylic acids is 3. The molecule has 0 radical (unpaired) electrons. The molecule has 0 aliphatic carbocycles. The lowest BCUT2D eigenvalue weighted by atomic mass is 10.1.